The molecular formula is C21H22O3. The Hall–Kier alpha value is -2.26. The Balaban J connectivity index is 0.00000169. The van der Waals surface area contributed by atoms with Gasteiger partial charge >= 0.3 is 0 Å². The van der Waals surface area contributed by atoms with Gasteiger partial charge in [0.25, 0.3) is 0 Å². The Morgan fingerprint density at radius 2 is 1.42 bits per heavy atom. The maximum Gasteiger partial charge on any atom is 0.177 e. The molecule has 2 aromatic carbocycles. The molecule has 1 saturated heterocycles. The monoisotopic (exact) mass is 322 g/mol. The maximum atomic E-state index is 13.0. The predicted molar refractivity (Wildman–Crippen MR) is 93.2 cm³/mol. The zero-order valence-electron chi connectivity index (χ0n) is 13.0. The molecule has 1 aliphatic heterocycles. The average Bonchev–Trinajstić information content (AvgIpc) is 3.36. The quantitative estimate of drug-likeness (QED) is 0.618. The number of epoxide rings is 1. The molecule has 3 heteroatoms. The Kier molecular flexibility index (Phi) is 3.92. The summed E-state index contributed by atoms with van der Waals surface area (Å²) < 4.78 is 5.76. The summed E-state index contributed by atoms with van der Waals surface area (Å²) in [7, 11) is 0. The number of Topliss-reactive ketones (excluding diaryl/α,β-unsaturated/α-hetero) is 2. The fraction of sp³-hybridized carbons (Fsp3) is 0.333. The van der Waals surface area contributed by atoms with Gasteiger partial charge in [-0.15, -0.1) is 0 Å². The van der Waals surface area contributed by atoms with E-state index >= 15 is 0 Å². The summed E-state index contributed by atoms with van der Waals surface area (Å²) in [6.45, 7) is 2.48. The van der Waals surface area contributed by atoms with E-state index in [1.165, 1.54) is 0 Å². The van der Waals surface area contributed by atoms with E-state index in [-0.39, 0.29) is 19.0 Å². The van der Waals surface area contributed by atoms with Gasteiger partial charge in [0.05, 0.1) is 12.0 Å². The van der Waals surface area contributed by atoms with Crippen LogP contribution in [0.5, 0.6) is 0 Å². The number of carbonyl (C=O) groups is 2. The van der Waals surface area contributed by atoms with Gasteiger partial charge in [0, 0.05) is 17.5 Å². The van der Waals surface area contributed by atoms with Gasteiger partial charge in [-0.2, -0.15) is 0 Å². The van der Waals surface area contributed by atoms with Gasteiger partial charge in [0.15, 0.2) is 11.6 Å². The molecule has 0 spiro atoms. The van der Waals surface area contributed by atoms with Crippen molar-refractivity contribution in [2.24, 2.45) is 5.41 Å². The molecule has 0 aromatic heterocycles. The molecular weight excluding hydrogens is 300 g/mol. The first-order valence-electron chi connectivity index (χ1n) is 8.01. The van der Waals surface area contributed by atoms with Gasteiger partial charge in [-0.3, -0.25) is 9.59 Å². The number of ether oxygens (including phenoxy) is 1. The van der Waals surface area contributed by atoms with E-state index in [0.717, 1.165) is 5.56 Å². The third kappa shape index (κ3) is 2.15. The van der Waals surface area contributed by atoms with Crippen LogP contribution >= 0.6 is 0 Å². The lowest BCUT2D eigenvalue weighted by Gasteiger charge is -2.28. The van der Waals surface area contributed by atoms with Crippen molar-refractivity contribution in [2.45, 2.75) is 32.8 Å². The molecule has 24 heavy (non-hydrogen) atoms. The van der Waals surface area contributed by atoms with E-state index in [4.69, 9.17) is 4.74 Å². The van der Waals surface area contributed by atoms with Crippen LogP contribution < -0.4 is 0 Å². The Labute approximate surface area is 142 Å². The van der Waals surface area contributed by atoms with Crippen LogP contribution in [0.4, 0.5) is 0 Å². The van der Waals surface area contributed by atoms with Gasteiger partial charge in [0.2, 0.25) is 0 Å². The van der Waals surface area contributed by atoms with E-state index in [1.54, 1.807) is 12.1 Å². The number of fused-ring (bicyclic) bond motifs is 1. The van der Waals surface area contributed by atoms with Gasteiger partial charge in [-0.25, -0.2) is 0 Å². The molecule has 2 aromatic rings. The molecule has 0 N–H and O–H groups in total. The van der Waals surface area contributed by atoms with Crippen molar-refractivity contribution in [3.8, 4) is 0 Å². The molecule has 1 unspecified atom stereocenters. The SMILES string of the molecule is C.CCC1(CC2(c3ccccc3)CO2)C(=O)c2ccccc2C1=O. The zero-order valence-corrected chi connectivity index (χ0v) is 13.0. The van der Waals surface area contributed by atoms with Gasteiger partial charge in [0.1, 0.15) is 5.60 Å². The summed E-state index contributed by atoms with van der Waals surface area (Å²) in [6.07, 6.45) is 0.921. The first-order valence-corrected chi connectivity index (χ1v) is 8.01. The lowest BCUT2D eigenvalue weighted by molar-refractivity contribution is 0.0617. The van der Waals surface area contributed by atoms with E-state index in [2.05, 4.69) is 0 Å². The van der Waals surface area contributed by atoms with Crippen molar-refractivity contribution in [1.29, 1.82) is 0 Å². The van der Waals surface area contributed by atoms with Crippen molar-refractivity contribution >= 4 is 11.6 Å². The lowest BCUT2D eigenvalue weighted by atomic mass is 9.71. The average molecular weight is 322 g/mol. The van der Waals surface area contributed by atoms with Crippen molar-refractivity contribution in [3.05, 3.63) is 71.3 Å². The fourth-order valence-electron chi connectivity index (χ4n) is 3.79. The number of rotatable bonds is 4. The van der Waals surface area contributed by atoms with E-state index in [1.807, 2.05) is 49.4 Å². The molecule has 0 amide bonds. The molecule has 2 aliphatic rings. The summed E-state index contributed by atoms with van der Waals surface area (Å²) in [5, 5.41) is 0. The highest BCUT2D eigenvalue weighted by Crippen LogP contribution is 2.53. The number of ketones is 2. The summed E-state index contributed by atoms with van der Waals surface area (Å²) in [6, 6.07) is 17.0. The smallest absolute Gasteiger partial charge is 0.177 e. The largest absolute Gasteiger partial charge is 0.364 e. The van der Waals surface area contributed by atoms with Crippen molar-refractivity contribution in [2.75, 3.05) is 6.61 Å². The summed E-state index contributed by atoms with van der Waals surface area (Å²) in [4.78, 5) is 26.0. The van der Waals surface area contributed by atoms with Crippen molar-refractivity contribution in [1.82, 2.24) is 0 Å². The second-order valence-corrected chi connectivity index (χ2v) is 6.47. The third-order valence-electron chi connectivity index (χ3n) is 5.27. The van der Waals surface area contributed by atoms with Gasteiger partial charge in [-0.05, 0) is 12.0 Å². The first kappa shape index (κ1) is 16.6. The maximum absolute atomic E-state index is 13.0. The Bertz CT molecular complexity index is 753. The highest BCUT2D eigenvalue weighted by atomic mass is 16.6. The zero-order chi connectivity index (χ0) is 16.1. The summed E-state index contributed by atoms with van der Waals surface area (Å²) in [5.41, 5.74) is 0.677. The van der Waals surface area contributed by atoms with Crippen LogP contribution in [-0.2, 0) is 10.3 Å². The second kappa shape index (κ2) is 5.67. The van der Waals surface area contributed by atoms with Crippen LogP contribution in [0.15, 0.2) is 54.6 Å². The number of benzene rings is 2. The molecule has 0 bridgehead atoms. The Morgan fingerprint density at radius 3 is 1.88 bits per heavy atom. The predicted octanol–water partition coefficient (Wildman–Crippen LogP) is 4.41. The minimum absolute atomic E-state index is 0. The number of hydrogen-bond donors (Lipinski definition) is 0. The van der Waals surface area contributed by atoms with Crippen LogP contribution in [-0.4, -0.2) is 18.2 Å². The Morgan fingerprint density at radius 1 is 0.917 bits per heavy atom. The van der Waals surface area contributed by atoms with Crippen molar-refractivity contribution < 1.29 is 14.3 Å². The minimum atomic E-state index is -0.990. The minimum Gasteiger partial charge on any atom is -0.364 e. The van der Waals surface area contributed by atoms with Crippen LogP contribution in [0.25, 0.3) is 0 Å². The third-order valence-corrected chi connectivity index (χ3v) is 5.27. The van der Waals surface area contributed by atoms with Gasteiger partial charge in [-0.1, -0.05) is 68.9 Å². The summed E-state index contributed by atoms with van der Waals surface area (Å²) >= 11 is 0. The molecule has 3 nitrogen and oxygen atoms in total. The molecule has 1 heterocycles. The van der Waals surface area contributed by atoms with Crippen molar-refractivity contribution in [3.63, 3.8) is 0 Å². The van der Waals surface area contributed by atoms with E-state index in [0.29, 0.717) is 30.6 Å². The van der Waals surface area contributed by atoms with Crippen LogP contribution in [0.2, 0.25) is 0 Å². The summed E-state index contributed by atoms with van der Waals surface area (Å²) in [5.74, 6) is -0.0992. The lowest BCUT2D eigenvalue weighted by Crippen LogP contribution is -2.37. The van der Waals surface area contributed by atoms with E-state index in [9.17, 15) is 9.59 Å². The topological polar surface area (TPSA) is 46.7 Å². The van der Waals surface area contributed by atoms with Crippen LogP contribution in [0.3, 0.4) is 0 Å². The first-order chi connectivity index (χ1) is 11.1. The molecule has 1 atom stereocenters. The highest BCUT2D eigenvalue weighted by molar-refractivity contribution is 6.29. The van der Waals surface area contributed by atoms with Crippen LogP contribution in [0.1, 0.15) is 53.5 Å². The number of hydrogen-bond acceptors (Lipinski definition) is 3. The molecule has 1 aliphatic carbocycles. The second-order valence-electron chi connectivity index (χ2n) is 6.47. The standard InChI is InChI=1S/C20H18O3.CH4/c1-2-19(12-20(13-23-20)14-8-4-3-5-9-14)17(21)15-10-6-7-11-16(15)18(19)22;/h3-11H,2,12-13H2,1H3;1H4. The molecule has 1 fully saturated rings. The normalized spacial score (nSPS) is 23.5. The number of carbonyl (C=O) groups excluding carboxylic acids is 2. The molecule has 0 radical (unpaired) electrons. The molecule has 4 rings (SSSR count). The van der Waals surface area contributed by atoms with Gasteiger partial charge < -0.3 is 4.74 Å². The molecule has 124 valence electrons. The fourth-order valence-corrected chi connectivity index (χ4v) is 3.79. The van der Waals surface area contributed by atoms with E-state index < -0.39 is 11.0 Å². The molecule has 0 saturated carbocycles. The van der Waals surface area contributed by atoms with Crippen LogP contribution in [0, 0.1) is 5.41 Å². The highest BCUT2D eigenvalue weighted by Gasteiger charge is 2.60.